The van der Waals surface area contributed by atoms with Gasteiger partial charge in [0.1, 0.15) is 0 Å². The molecule has 5 nitrogen and oxygen atoms in total. The molecule has 5 heteroatoms. The van der Waals surface area contributed by atoms with E-state index in [9.17, 15) is 4.79 Å². The molecular weight excluding hydrogens is 152 g/mol. The summed E-state index contributed by atoms with van der Waals surface area (Å²) < 4.78 is 0. The van der Waals surface area contributed by atoms with Crippen molar-refractivity contribution in [2.45, 2.75) is 13.3 Å². The average Bonchev–Trinajstić information content (AvgIpc) is 1.82. The van der Waals surface area contributed by atoms with Gasteiger partial charge in [-0.15, -0.1) is 0 Å². The molecule has 0 saturated heterocycles. The van der Waals surface area contributed by atoms with Crippen LogP contribution in [0.4, 0.5) is 4.79 Å². The molecule has 0 amide bonds. The van der Waals surface area contributed by atoms with E-state index >= 15 is 0 Å². The van der Waals surface area contributed by atoms with Crippen molar-refractivity contribution < 1.29 is 24.9 Å². The van der Waals surface area contributed by atoms with E-state index in [2.05, 4.69) is 0 Å². The third-order valence-electron chi connectivity index (χ3n) is 0.528. The minimum absolute atomic E-state index is 0.135. The fraction of sp³-hybridized carbons (Fsp3) is 0.333. The van der Waals surface area contributed by atoms with Gasteiger partial charge in [0.25, 0.3) is 0 Å². The maximum absolute atomic E-state index is 9.71. The largest absolute Gasteiger partial charge is 0.503 e. The molecule has 0 atom stereocenters. The van der Waals surface area contributed by atoms with Crippen LogP contribution < -0.4 is 0 Å². The Kier molecular flexibility index (Phi) is 9.39. The van der Waals surface area contributed by atoms with Gasteiger partial charge in [-0.3, -0.25) is 4.79 Å². The van der Waals surface area contributed by atoms with Gasteiger partial charge in [-0.1, -0.05) is 12.2 Å². The van der Waals surface area contributed by atoms with Crippen LogP contribution in [0.5, 0.6) is 0 Å². The number of hydrogen-bond acceptors (Lipinski definition) is 2. The van der Waals surface area contributed by atoms with E-state index in [1.807, 2.05) is 0 Å². The van der Waals surface area contributed by atoms with Gasteiger partial charge in [-0.25, -0.2) is 4.79 Å². The van der Waals surface area contributed by atoms with Gasteiger partial charge in [0, 0.05) is 0 Å². The molecule has 0 spiro atoms. The lowest BCUT2D eigenvalue weighted by atomic mass is 10.4. The third kappa shape index (κ3) is 57.9. The fourth-order valence-corrected chi connectivity index (χ4v) is 0.219. The first kappa shape index (κ1) is 12.2. The molecule has 0 aliphatic rings. The molecule has 3 N–H and O–H groups in total. The molecule has 11 heavy (non-hydrogen) atoms. The number of aliphatic carboxylic acids is 1. The van der Waals surface area contributed by atoms with E-state index in [0.717, 1.165) is 0 Å². The highest BCUT2D eigenvalue weighted by Crippen LogP contribution is 1.79. The summed E-state index contributed by atoms with van der Waals surface area (Å²) in [6.45, 7) is 1.79. The molecule has 0 aromatic rings. The Morgan fingerprint density at radius 1 is 1.27 bits per heavy atom. The minimum Gasteiger partial charge on any atom is -0.481 e. The minimum atomic E-state index is -1.83. The van der Waals surface area contributed by atoms with Crippen molar-refractivity contribution in [1.82, 2.24) is 0 Å². The number of carboxylic acid groups (broad SMARTS) is 3. The Bertz CT molecular complexity index is 145. The van der Waals surface area contributed by atoms with Crippen molar-refractivity contribution >= 4 is 12.1 Å². The molecule has 0 heterocycles. The van der Waals surface area contributed by atoms with Gasteiger partial charge >= 0.3 is 12.1 Å². The smallest absolute Gasteiger partial charge is 0.481 e. The number of hydrogen-bond donors (Lipinski definition) is 3. The molecule has 0 aliphatic heterocycles. The molecule has 64 valence electrons. The molecule has 0 aliphatic carbocycles. The van der Waals surface area contributed by atoms with E-state index in [-0.39, 0.29) is 6.42 Å². The second-order valence-corrected chi connectivity index (χ2v) is 1.45. The average molecular weight is 162 g/mol. The van der Waals surface area contributed by atoms with Crippen molar-refractivity contribution in [2.24, 2.45) is 0 Å². The summed E-state index contributed by atoms with van der Waals surface area (Å²) in [5.41, 5.74) is 0. The van der Waals surface area contributed by atoms with Gasteiger partial charge in [-0.2, -0.15) is 0 Å². The highest BCUT2D eigenvalue weighted by Gasteiger charge is 1.85. The molecule has 0 saturated carbocycles. The lowest BCUT2D eigenvalue weighted by Gasteiger charge is -1.77. The van der Waals surface area contributed by atoms with Crippen LogP contribution in [0.25, 0.3) is 0 Å². The summed E-state index contributed by atoms with van der Waals surface area (Å²) in [4.78, 5) is 18.3. The van der Waals surface area contributed by atoms with Crippen LogP contribution >= 0.6 is 0 Å². The summed E-state index contributed by atoms with van der Waals surface area (Å²) in [6.07, 6.45) is 1.62. The lowest BCUT2D eigenvalue weighted by Crippen LogP contribution is -1.88. The van der Waals surface area contributed by atoms with E-state index in [0.29, 0.717) is 0 Å². The zero-order chi connectivity index (χ0) is 9.28. The molecule has 0 rings (SSSR count). The molecule has 0 bridgehead atoms. The van der Waals surface area contributed by atoms with Crippen LogP contribution in [-0.2, 0) is 4.79 Å². The van der Waals surface area contributed by atoms with Crippen molar-refractivity contribution in [2.75, 3.05) is 0 Å². The fourth-order valence-electron chi connectivity index (χ4n) is 0.219. The van der Waals surface area contributed by atoms with Crippen LogP contribution in [-0.4, -0.2) is 27.4 Å². The normalized spacial score (nSPS) is 8.45. The van der Waals surface area contributed by atoms with Crippen LogP contribution in [0, 0.1) is 0 Å². The monoisotopic (exact) mass is 162 g/mol. The van der Waals surface area contributed by atoms with Gasteiger partial charge < -0.3 is 15.3 Å². The Labute approximate surface area is 63.6 Å². The molecule has 0 aromatic carbocycles. The maximum Gasteiger partial charge on any atom is 0.503 e. The van der Waals surface area contributed by atoms with E-state index in [1.165, 1.54) is 0 Å². The van der Waals surface area contributed by atoms with E-state index in [4.69, 9.17) is 20.1 Å². The van der Waals surface area contributed by atoms with Gasteiger partial charge in [0.2, 0.25) is 0 Å². The van der Waals surface area contributed by atoms with Crippen LogP contribution in [0.3, 0.4) is 0 Å². The summed E-state index contributed by atoms with van der Waals surface area (Å²) in [5, 5.41) is 21.9. The van der Waals surface area contributed by atoms with Crippen molar-refractivity contribution in [1.29, 1.82) is 0 Å². The van der Waals surface area contributed by atoms with Crippen molar-refractivity contribution in [3.63, 3.8) is 0 Å². The highest BCUT2D eigenvalue weighted by atomic mass is 16.6. The standard InChI is InChI=1S/C5H8O2.CH2O3/c1-2-3-4-5(6)7;2-1(3)4/h2-3H,4H2,1H3,(H,6,7);(H2,2,3,4). The van der Waals surface area contributed by atoms with E-state index in [1.54, 1.807) is 19.1 Å². The Hall–Kier alpha value is -1.52. The van der Waals surface area contributed by atoms with E-state index < -0.39 is 12.1 Å². The maximum atomic E-state index is 9.71. The quantitative estimate of drug-likeness (QED) is 0.531. The lowest BCUT2D eigenvalue weighted by molar-refractivity contribution is -0.136. The zero-order valence-electron chi connectivity index (χ0n) is 6.02. The third-order valence-corrected chi connectivity index (χ3v) is 0.528. The van der Waals surface area contributed by atoms with Gasteiger partial charge in [0.15, 0.2) is 0 Å². The van der Waals surface area contributed by atoms with Crippen molar-refractivity contribution in [3.05, 3.63) is 12.2 Å². The van der Waals surface area contributed by atoms with Crippen LogP contribution in [0.1, 0.15) is 13.3 Å². The number of allylic oxidation sites excluding steroid dienone is 1. The second-order valence-electron chi connectivity index (χ2n) is 1.45. The Morgan fingerprint density at radius 2 is 1.64 bits per heavy atom. The SMILES string of the molecule is CC=CCC(=O)O.O=C(O)O. The predicted molar refractivity (Wildman–Crippen MR) is 37.7 cm³/mol. The first-order valence-electron chi connectivity index (χ1n) is 2.75. The molecule has 0 aromatic heterocycles. The van der Waals surface area contributed by atoms with Crippen LogP contribution in [0.15, 0.2) is 12.2 Å². The second kappa shape index (κ2) is 8.48. The molecular formula is C6H10O5. The van der Waals surface area contributed by atoms with Gasteiger partial charge in [0.05, 0.1) is 6.42 Å². The summed E-state index contributed by atoms with van der Waals surface area (Å²) in [5.74, 6) is -0.780. The topological polar surface area (TPSA) is 94.8 Å². The Morgan fingerprint density at radius 3 is 1.73 bits per heavy atom. The van der Waals surface area contributed by atoms with Crippen molar-refractivity contribution in [3.8, 4) is 0 Å². The zero-order valence-corrected chi connectivity index (χ0v) is 6.02. The highest BCUT2D eigenvalue weighted by molar-refractivity contribution is 5.68. The Balaban J connectivity index is 0. The number of rotatable bonds is 2. The molecule has 0 radical (unpaired) electrons. The molecule has 0 fully saturated rings. The number of carbonyl (C=O) groups is 2. The summed E-state index contributed by atoms with van der Waals surface area (Å²) in [7, 11) is 0. The first-order chi connectivity index (χ1) is 5.00. The predicted octanol–water partition coefficient (Wildman–Crippen LogP) is 1.26. The summed E-state index contributed by atoms with van der Waals surface area (Å²) in [6, 6.07) is 0. The van der Waals surface area contributed by atoms with Crippen LogP contribution in [0.2, 0.25) is 0 Å². The summed E-state index contributed by atoms with van der Waals surface area (Å²) >= 11 is 0. The first-order valence-corrected chi connectivity index (χ1v) is 2.75. The number of carboxylic acids is 1. The van der Waals surface area contributed by atoms with Gasteiger partial charge in [-0.05, 0) is 6.92 Å². The molecule has 0 unspecified atom stereocenters.